The van der Waals surface area contributed by atoms with Crippen LogP contribution in [-0.2, 0) is 4.79 Å². The first-order chi connectivity index (χ1) is 11.8. The van der Waals surface area contributed by atoms with E-state index >= 15 is 0 Å². The van der Waals surface area contributed by atoms with Crippen LogP contribution in [-0.4, -0.2) is 23.7 Å². The number of carbonyl (C=O) groups excluding carboxylic acids is 2. The first-order valence-electron chi connectivity index (χ1n) is 7.15. The lowest BCUT2D eigenvalue weighted by Gasteiger charge is -2.09. The van der Waals surface area contributed by atoms with Crippen LogP contribution in [0.15, 0.2) is 59.7 Å². The molecule has 130 valence electrons. The van der Waals surface area contributed by atoms with Crippen LogP contribution in [0.3, 0.4) is 0 Å². The van der Waals surface area contributed by atoms with Gasteiger partial charge in [0.05, 0.1) is 5.71 Å². The number of nitrogens with zero attached hydrogens (tertiary/aromatic N) is 1. The molecule has 0 radical (unpaired) electrons. The van der Waals surface area contributed by atoms with Crippen molar-refractivity contribution in [2.45, 2.75) is 13.1 Å². The minimum absolute atomic E-state index is 0.0243. The van der Waals surface area contributed by atoms with Crippen LogP contribution in [0.4, 0.5) is 18.9 Å². The third kappa shape index (κ3) is 5.17. The van der Waals surface area contributed by atoms with Gasteiger partial charge in [-0.05, 0) is 36.8 Å². The van der Waals surface area contributed by atoms with E-state index in [1.807, 2.05) is 0 Å². The highest BCUT2D eigenvalue weighted by Gasteiger charge is 2.38. The molecule has 0 saturated heterocycles. The molecule has 2 amide bonds. The molecule has 0 aliphatic carbocycles. The van der Waals surface area contributed by atoms with Crippen molar-refractivity contribution >= 4 is 23.2 Å². The average Bonchev–Trinajstić information content (AvgIpc) is 2.59. The van der Waals surface area contributed by atoms with Gasteiger partial charge in [-0.25, -0.2) is 5.43 Å². The summed E-state index contributed by atoms with van der Waals surface area (Å²) in [5.41, 5.74) is 3.58. The Balaban J connectivity index is 2.09. The lowest BCUT2D eigenvalue weighted by Crippen LogP contribution is -2.29. The van der Waals surface area contributed by atoms with Crippen LogP contribution in [0.5, 0.6) is 0 Å². The van der Waals surface area contributed by atoms with Crippen molar-refractivity contribution in [1.29, 1.82) is 0 Å². The Kier molecular flexibility index (Phi) is 5.53. The van der Waals surface area contributed by atoms with Gasteiger partial charge in [-0.1, -0.05) is 30.3 Å². The summed E-state index contributed by atoms with van der Waals surface area (Å²) in [4.78, 5) is 22.9. The first kappa shape index (κ1) is 18.2. The molecule has 0 aliphatic rings. The number of halogens is 3. The molecule has 2 N–H and O–H groups in total. The lowest BCUT2D eigenvalue weighted by molar-refractivity contribution is -0.167. The Labute approximate surface area is 141 Å². The van der Waals surface area contributed by atoms with Crippen LogP contribution in [0.2, 0.25) is 0 Å². The fourth-order valence-corrected chi connectivity index (χ4v) is 1.88. The highest BCUT2D eigenvalue weighted by molar-refractivity contribution is 6.02. The second-order valence-corrected chi connectivity index (χ2v) is 5.04. The molecule has 2 aromatic carbocycles. The largest absolute Gasteiger partial charge is 0.471 e. The van der Waals surface area contributed by atoms with E-state index in [9.17, 15) is 22.8 Å². The van der Waals surface area contributed by atoms with Gasteiger partial charge in [-0.2, -0.15) is 18.3 Å². The summed E-state index contributed by atoms with van der Waals surface area (Å²) in [5.74, 6) is -2.47. The molecule has 0 aromatic heterocycles. The van der Waals surface area contributed by atoms with E-state index in [2.05, 4.69) is 10.5 Å². The Morgan fingerprint density at radius 2 is 1.60 bits per heavy atom. The van der Waals surface area contributed by atoms with Crippen molar-refractivity contribution in [2.24, 2.45) is 5.10 Å². The molecule has 8 heteroatoms. The van der Waals surface area contributed by atoms with E-state index < -0.39 is 18.0 Å². The molecule has 0 saturated carbocycles. The zero-order chi connectivity index (χ0) is 18.4. The normalized spacial score (nSPS) is 11.8. The van der Waals surface area contributed by atoms with E-state index in [4.69, 9.17) is 0 Å². The van der Waals surface area contributed by atoms with Crippen LogP contribution in [0, 0.1) is 0 Å². The molecule has 25 heavy (non-hydrogen) atoms. The standard InChI is InChI=1S/C17H14F3N3O2/c1-11(22-23-15(24)12-6-3-2-4-7-12)13-8-5-9-14(10-13)21-16(25)17(18,19)20/h2-10H,1H3,(H,21,25)(H,23,24). The fourth-order valence-electron chi connectivity index (χ4n) is 1.88. The second-order valence-electron chi connectivity index (χ2n) is 5.04. The Morgan fingerprint density at radius 3 is 2.24 bits per heavy atom. The van der Waals surface area contributed by atoms with Gasteiger partial charge in [0, 0.05) is 11.3 Å². The second kappa shape index (κ2) is 7.61. The quantitative estimate of drug-likeness (QED) is 0.656. The molecule has 0 unspecified atom stereocenters. The molecule has 2 aromatic rings. The molecule has 0 fully saturated rings. The number of nitrogens with one attached hydrogen (secondary N) is 2. The first-order valence-corrected chi connectivity index (χ1v) is 7.15. The predicted molar refractivity (Wildman–Crippen MR) is 87.2 cm³/mol. The van der Waals surface area contributed by atoms with E-state index in [0.29, 0.717) is 16.8 Å². The third-order valence-electron chi connectivity index (χ3n) is 3.16. The zero-order valence-corrected chi connectivity index (χ0v) is 13.1. The molecular weight excluding hydrogens is 335 g/mol. The van der Waals surface area contributed by atoms with Gasteiger partial charge in [-0.15, -0.1) is 0 Å². The monoisotopic (exact) mass is 349 g/mol. The van der Waals surface area contributed by atoms with Gasteiger partial charge < -0.3 is 5.32 Å². The summed E-state index contributed by atoms with van der Waals surface area (Å²) >= 11 is 0. The van der Waals surface area contributed by atoms with Gasteiger partial charge >= 0.3 is 12.1 Å². The summed E-state index contributed by atoms with van der Waals surface area (Å²) in [5, 5.41) is 5.68. The molecule has 2 rings (SSSR count). The van der Waals surface area contributed by atoms with Gasteiger partial charge in [-0.3, -0.25) is 9.59 Å². The predicted octanol–water partition coefficient (Wildman–Crippen LogP) is 3.34. The van der Waals surface area contributed by atoms with Gasteiger partial charge in [0.25, 0.3) is 5.91 Å². The van der Waals surface area contributed by atoms with Crippen LogP contribution in [0.1, 0.15) is 22.8 Å². The highest BCUT2D eigenvalue weighted by atomic mass is 19.4. The number of hydrogen-bond donors (Lipinski definition) is 2. The summed E-state index contributed by atoms with van der Waals surface area (Å²) in [6.45, 7) is 1.58. The number of hydrazone groups is 1. The Morgan fingerprint density at radius 1 is 0.960 bits per heavy atom. The number of hydrogen-bond acceptors (Lipinski definition) is 3. The van der Waals surface area contributed by atoms with Crippen LogP contribution >= 0.6 is 0 Å². The van der Waals surface area contributed by atoms with Gasteiger partial charge in [0.2, 0.25) is 0 Å². The molecule has 0 aliphatic heterocycles. The fraction of sp³-hybridized carbons (Fsp3) is 0.118. The molecule has 0 bridgehead atoms. The summed E-state index contributed by atoms with van der Waals surface area (Å²) in [6, 6.07) is 14.1. The van der Waals surface area contributed by atoms with Crippen molar-refractivity contribution in [1.82, 2.24) is 5.43 Å². The summed E-state index contributed by atoms with van der Waals surface area (Å²) in [7, 11) is 0. The van der Waals surface area contributed by atoms with E-state index in [1.54, 1.807) is 48.6 Å². The van der Waals surface area contributed by atoms with Crippen LogP contribution in [0.25, 0.3) is 0 Å². The molecular formula is C17H14F3N3O2. The third-order valence-corrected chi connectivity index (χ3v) is 3.16. The van der Waals surface area contributed by atoms with E-state index in [0.717, 1.165) is 0 Å². The maximum Gasteiger partial charge on any atom is 0.471 e. The van der Waals surface area contributed by atoms with Crippen LogP contribution < -0.4 is 10.7 Å². The van der Waals surface area contributed by atoms with Gasteiger partial charge in [0.1, 0.15) is 0 Å². The SMILES string of the molecule is CC(=NNC(=O)c1ccccc1)c1cccc(NC(=O)C(F)(F)F)c1. The number of amides is 2. The molecule has 5 nitrogen and oxygen atoms in total. The average molecular weight is 349 g/mol. The number of rotatable bonds is 4. The minimum atomic E-state index is -4.97. The zero-order valence-electron chi connectivity index (χ0n) is 13.1. The molecule has 0 heterocycles. The van der Waals surface area contributed by atoms with Crippen molar-refractivity contribution in [3.05, 3.63) is 65.7 Å². The van der Waals surface area contributed by atoms with Crippen molar-refractivity contribution in [3.8, 4) is 0 Å². The topological polar surface area (TPSA) is 70.6 Å². The molecule has 0 spiro atoms. The van der Waals surface area contributed by atoms with Crippen molar-refractivity contribution in [2.75, 3.05) is 5.32 Å². The van der Waals surface area contributed by atoms with E-state index in [1.165, 1.54) is 18.2 Å². The molecule has 0 atom stereocenters. The summed E-state index contributed by atoms with van der Waals surface area (Å²) < 4.78 is 36.8. The Hall–Kier alpha value is -3.16. The maximum absolute atomic E-state index is 12.3. The number of benzene rings is 2. The lowest BCUT2D eigenvalue weighted by atomic mass is 10.1. The number of alkyl halides is 3. The number of carbonyl (C=O) groups is 2. The maximum atomic E-state index is 12.3. The van der Waals surface area contributed by atoms with E-state index in [-0.39, 0.29) is 5.69 Å². The van der Waals surface area contributed by atoms with Gasteiger partial charge in [0.15, 0.2) is 0 Å². The smallest absolute Gasteiger partial charge is 0.318 e. The summed E-state index contributed by atoms with van der Waals surface area (Å²) in [6.07, 6.45) is -4.97. The Bertz CT molecular complexity index is 802. The van der Waals surface area contributed by atoms with Crippen molar-refractivity contribution in [3.63, 3.8) is 0 Å². The van der Waals surface area contributed by atoms with Crippen molar-refractivity contribution < 1.29 is 22.8 Å². The highest BCUT2D eigenvalue weighted by Crippen LogP contribution is 2.19. The minimum Gasteiger partial charge on any atom is -0.318 e. The number of anilines is 1.